The summed E-state index contributed by atoms with van der Waals surface area (Å²) in [6, 6.07) is 5.24. The van der Waals surface area contributed by atoms with Gasteiger partial charge in [0.05, 0.1) is 35.9 Å². The Kier molecular flexibility index (Phi) is 5.77. The van der Waals surface area contributed by atoms with Crippen molar-refractivity contribution in [3.8, 4) is 0 Å². The Balaban J connectivity index is 1.99. The van der Waals surface area contributed by atoms with Crippen LogP contribution >= 0.6 is 11.6 Å². The summed E-state index contributed by atoms with van der Waals surface area (Å²) in [4.78, 5) is 31.9. The summed E-state index contributed by atoms with van der Waals surface area (Å²) in [7, 11) is 0. The molecule has 2 aliphatic rings. The number of amides is 2. The molecular formula is C21H29ClN4O4. The van der Waals surface area contributed by atoms with Gasteiger partial charge in [-0.25, -0.2) is 9.79 Å². The third kappa shape index (κ3) is 4.70. The van der Waals surface area contributed by atoms with Gasteiger partial charge in [0.2, 0.25) is 11.9 Å². The first-order valence-electron chi connectivity index (χ1n) is 9.84. The van der Waals surface area contributed by atoms with E-state index in [-0.39, 0.29) is 23.7 Å². The average molecular weight is 437 g/mol. The van der Waals surface area contributed by atoms with Crippen LogP contribution in [0.2, 0.25) is 5.02 Å². The number of nitrogen functional groups attached to an aromatic ring is 1. The van der Waals surface area contributed by atoms with Crippen LogP contribution in [0.1, 0.15) is 46.6 Å². The molecule has 1 atom stereocenters. The van der Waals surface area contributed by atoms with Crippen LogP contribution < -0.4 is 11.1 Å². The van der Waals surface area contributed by atoms with Crippen molar-refractivity contribution >= 4 is 35.2 Å². The molecule has 0 saturated carbocycles. The molecule has 8 nitrogen and oxygen atoms in total. The fourth-order valence-electron chi connectivity index (χ4n) is 3.54. The SMILES string of the molecule is CC1(CN2C(=O)CC(C)(c3cccc(N)c3Cl)N=C2NC(=O)OC(C)(C)C)COC1. The summed E-state index contributed by atoms with van der Waals surface area (Å²) >= 11 is 6.43. The lowest BCUT2D eigenvalue weighted by molar-refractivity contribution is -0.140. The van der Waals surface area contributed by atoms with Crippen molar-refractivity contribution in [2.24, 2.45) is 10.4 Å². The summed E-state index contributed by atoms with van der Waals surface area (Å²) in [6.45, 7) is 10.6. The quantitative estimate of drug-likeness (QED) is 0.707. The van der Waals surface area contributed by atoms with E-state index in [1.165, 1.54) is 4.90 Å². The Morgan fingerprint density at radius 2 is 2.03 bits per heavy atom. The van der Waals surface area contributed by atoms with E-state index in [1.54, 1.807) is 45.9 Å². The molecule has 1 unspecified atom stereocenters. The van der Waals surface area contributed by atoms with Crippen molar-refractivity contribution < 1.29 is 19.1 Å². The number of carbonyl (C=O) groups excluding carboxylic acids is 2. The van der Waals surface area contributed by atoms with Crippen molar-refractivity contribution in [2.45, 2.75) is 52.2 Å². The number of hydrogen-bond acceptors (Lipinski definition) is 6. The van der Waals surface area contributed by atoms with Crippen LogP contribution in [0.25, 0.3) is 0 Å². The summed E-state index contributed by atoms with van der Waals surface area (Å²) in [5.41, 5.74) is 5.11. The normalized spacial score (nSPS) is 23.5. The van der Waals surface area contributed by atoms with Gasteiger partial charge in [0.25, 0.3) is 0 Å². The number of nitrogens with two attached hydrogens (primary N) is 1. The van der Waals surface area contributed by atoms with Crippen molar-refractivity contribution in [1.82, 2.24) is 10.2 Å². The third-order valence-electron chi connectivity index (χ3n) is 5.07. The number of anilines is 1. The van der Waals surface area contributed by atoms with E-state index >= 15 is 0 Å². The number of carbonyl (C=O) groups is 2. The van der Waals surface area contributed by atoms with E-state index < -0.39 is 17.2 Å². The highest BCUT2D eigenvalue weighted by atomic mass is 35.5. The Morgan fingerprint density at radius 3 is 2.60 bits per heavy atom. The van der Waals surface area contributed by atoms with Gasteiger partial charge >= 0.3 is 6.09 Å². The molecule has 0 radical (unpaired) electrons. The largest absolute Gasteiger partial charge is 0.444 e. The summed E-state index contributed by atoms with van der Waals surface area (Å²) in [5.74, 6) is -0.0419. The number of alkyl carbamates (subject to hydrolysis) is 1. The van der Waals surface area contributed by atoms with E-state index in [9.17, 15) is 9.59 Å². The first-order chi connectivity index (χ1) is 13.8. The zero-order valence-electron chi connectivity index (χ0n) is 18.0. The minimum absolute atomic E-state index is 0.0899. The van der Waals surface area contributed by atoms with Crippen LogP contribution in [0, 0.1) is 5.41 Å². The fourth-order valence-corrected chi connectivity index (χ4v) is 3.87. The molecule has 0 bridgehead atoms. The van der Waals surface area contributed by atoms with Crippen molar-refractivity contribution in [2.75, 3.05) is 25.5 Å². The molecule has 164 valence electrons. The molecule has 1 aromatic rings. The number of benzene rings is 1. The Bertz CT molecular complexity index is 891. The Hall–Kier alpha value is -2.32. The second kappa shape index (κ2) is 7.74. The first-order valence-corrected chi connectivity index (χ1v) is 10.2. The van der Waals surface area contributed by atoms with Gasteiger partial charge in [0.15, 0.2) is 0 Å². The highest BCUT2D eigenvalue weighted by molar-refractivity contribution is 6.34. The lowest BCUT2D eigenvalue weighted by atomic mass is 9.85. The molecule has 0 aliphatic carbocycles. The molecule has 1 fully saturated rings. The highest BCUT2D eigenvalue weighted by Gasteiger charge is 2.44. The second-order valence-electron chi connectivity index (χ2n) is 9.51. The fraction of sp³-hybridized carbons (Fsp3) is 0.571. The highest BCUT2D eigenvalue weighted by Crippen LogP contribution is 2.40. The summed E-state index contributed by atoms with van der Waals surface area (Å²) in [6.07, 6.45) is -0.593. The molecule has 1 aromatic carbocycles. The predicted octanol–water partition coefficient (Wildman–Crippen LogP) is 3.29. The number of guanidine groups is 1. The number of nitrogens with one attached hydrogen (secondary N) is 1. The molecule has 1 saturated heterocycles. The predicted molar refractivity (Wildman–Crippen MR) is 115 cm³/mol. The Morgan fingerprint density at radius 1 is 1.37 bits per heavy atom. The van der Waals surface area contributed by atoms with Crippen LogP contribution in [0.3, 0.4) is 0 Å². The van der Waals surface area contributed by atoms with Gasteiger partial charge in [0, 0.05) is 17.5 Å². The van der Waals surface area contributed by atoms with E-state index in [1.807, 2.05) is 6.92 Å². The maximum Gasteiger partial charge on any atom is 0.414 e. The maximum absolute atomic E-state index is 13.2. The summed E-state index contributed by atoms with van der Waals surface area (Å²) < 4.78 is 10.7. The lowest BCUT2D eigenvalue weighted by Crippen LogP contribution is -2.59. The van der Waals surface area contributed by atoms with E-state index in [0.29, 0.717) is 36.0 Å². The van der Waals surface area contributed by atoms with Crippen molar-refractivity contribution in [1.29, 1.82) is 0 Å². The number of ether oxygens (including phenoxy) is 2. The van der Waals surface area contributed by atoms with Gasteiger partial charge in [-0.3, -0.25) is 15.0 Å². The average Bonchev–Trinajstić information content (AvgIpc) is 2.57. The minimum atomic E-state index is -0.985. The van der Waals surface area contributed by atoms with Crippen LogP contribution in [-0.2, 0) is 19.8 Å². The number of rotatable bonds is 3. The van der Waals surface area contributed by atoms with Gasteiger partial charge < -0.3 is 15.2 Å². The molecule has 3 rings (SSSR count). The topological polar surface area (TPSA) is 106 Å². The first kappa shape index (κ1) is 22.4. The van der Waals surface area contributed by atoms with Crippen LogP contribution in [-0.4, -0.2) is 48.2 Å². The zero-order chi connectivity index (χ0) is 22.3. The molecule has 2 aliphatic heterocycles. The summed E-state index contributed by atoms with van der Waals surface area (Å²) in [5, 5.41) is 3.01. The zero-order valence-corrected chi connectivity index (χ0v) is 18.8. The van der Waals surface area contributed by atoms with Crippen molar-refractivity contribution in [3.05, 3.63) is 28.8 Å². The van der Waals surface area contributed by atoms with E-state index in [4.69, 9.17) is 31.8 Å². The molecule has 3 N–H and O–H groups in total. The van der Waals surface area contributed by atoms with Gasteiger partial charge in [-0.15, -0.1) is 0 Å². The van der Waals surface area contributed by atoms with Crippen LogP contribution in [0.5, 0.6) is 0 Å². The van der Waals surface area contributed by atoms with E-state index in [2.05, 4.69) is 5.32 Å². The lowest BCUT2D eigenvalue weighted by Gasteiger charge is -2.44. The second-order valence-corrected chi connectivity index (χ2v) is 9.88. The molecule has 0 aromatic heterocycles. The van der Waals surface area contributed by atoms with Gasteiger partial charge in [-0.2, -0.15) is 0 Å². The van der Waals surface area contributed by atoms with Gasteiger partial charge in [-0.05, 0) is 33.8 Å². The van der Waals surface area contributed by atoms with Crippen molar-refractivity contribution in [3.63, 3.8) is 0 Å². The molecule has 2 amide bonds. The standard InChI is InChI=1S/C21H29ClN4O4/c1-19(2,3)30-18(28)24-17-25-21(5,13-7-6-8-14(23)16(13)22)9-15(27)26(17)10-20(4)11-29-12-20/h6-8H,9-12,23H2,1-5H3,(H,24,25,28). The number of hydrogen-bond donors (Lipinski definition) is 2. The molecule has 0 spiro atoms. The molecule has 30 heavy (non-hydrogen) atoms. The maximum atomic E-state index is 13.2. The molecule has 9 heteroatoms. The number of aliphatic imine (C=N–C) groups is 1. The van der Waals surface area contributed by atoms with Gasteiger partial charge in [0.1, 0.15) is 5.60 Å². The number of nitrogens with zero attached hydrogens (tertiary/aromatic N) is 2. The monoisotopic (exact) mass is 436 g/mol. The van der Waals surface area contributed by atoms with Gasteiger partial charge in [-0.1, -0.05) is 30.7 Å². The smallest absolute Gasteiger partial charge is 0.414 e. The van der Waals surface area contributed by atoms with Crippen LogP contribution in [0.15, 0.2) is 23.2 Å². The Labute approximate surface area is 181 Å². The van der Waals surface area contributed by atoms with Crippen LogP contribution in [0.4, 0.5) is 10.5 Å². The molecular weight excluding hydrogens is 408 g/mol. The third-order valence-corrected chi connectivity index (χ3v) is 5.49. The van der Waals surface area contributed by atoms with E-state index in [0.717, 1.165) is 0 Å². The molecule has 2 heterocycles. The minimum Gasteiger partial charge on any atom is -0.444 e. The number of halogens is 1.